The molecule has 1 aliphatic rings. The molecule has 0 radical (unpaired) electrons. The molecule has 0 aliphatic carbocycles. The Morgan fingerprint density at radius 1 is 1.68 bits per heavy atom. The Labute approximate surface area is 112 Å². The van der Waals surface area contributed by atoms with Crippen molar-refractivity contribution in [3.05, 3.63) is 43.0 Å². The van der Waals surface area contributed by atoms with Crippen LogP contribution in [0.1, 0.15) is 17.4 Å². The Kier molecular flexibility index (Phi) is 3.98. The summed E-state index contributed by atoms with van der Waals surface area (Å²) >= 11 is 1.37. The van der Waals surface area contributed by atoms with E-state index in [-0.39, 0.29) is 11.9 Å². The first-order valence-electron chi connectivity index (χ1n) is 5.69. The molecule has 9 heteroatoms. The lowest BCUT2D eigenvalue weighted by atomic mass is 10.1. The van der Waals surface area contributed by atoms with E-state index in [0.29, 0.717) is 12.0 Å². The Bertz CT molecular complexity index is 633. The second kappa shape index (κ2) is 5.52. The van der Waals surface area contributed by atoms with Gasteiger partial charge in [0.15, 0.2) is 0 Å². The Hall–Kier alpha value is -1.70. The normalized spacial score (nSPS) is 26.1. The molecule has 1 aromatic rings. The average Bonchev–Trinajstić information content (AvgIpc) is 2.77. The monoisotopic (exact) mass is 283 g/mol. The van der Waals surface area contributed by atoms with Crippen LogP contribution in [-0.2, 0) is 0 Å². The smallest absolute Gasteiger partial charge is 0.329 e. The van der Waals surface area contributed by atoms with Crippen LogP contribution in [0.2, 0.25) is 0 Å². The molecule has 2 rings (SSSR count). The molecule has 2 N–H and O–H groups in total. The SMILES string of the molecule is Cc1cn(C2S[C@@H](CO)C[C@@H]2N=[N+]=[N-])c(=O)[nH]c1=O. The quantitative estimate of drug-likeness (QED) is 0.476. The van der Waals surface area contributed by atoms with Gasteiger partial charge in [0.1, 0.15) is 0 Å². The number of aliphatic hydroxyl groups excluding tert-OH is 1. The van der Waals surface area contributed by atoms with Crippen molar-refractivity contribution < 1.29 is 5.11 Å². The van der Waals surface area contributed by atoms with Gasteiger partial charge in [-0.1, -0.05) is 5.11 Å². The van der Waals surface area contributed by atoms with Gasteiger partial charge in [0.2, 0.25) is 0 Å². The van der Waals surface area contributed by atoms with E-state index in [0.717, 1.165) is 0 Å². The zero-order valence-corrected chi connectivity index (χ0v) is 11.0. The van der Waals surface area contributed by atoms with Crippen LogP contribution in [0.15, 0.2) is 20.9 Å². The minimum atomic E-state index is -0.537. The van der Waals surface area contributed by atoms with Crippen molar-refractivity contribution in [1.82, 2.24) is 9.55 Å². The summed E-state index contributed by atoms with van der Waals surface area (Å²) in [4.78, 5) is 28.2. The Morgan fingerprint density at radius 3 is 3.05 bits per heavy atom. The molecule has 1 aliphatic heterocycles. The van der Waals surface area contributed by atoms with Gasteiger partial charge in [-0.2, -0.15) is 0 Å². The van der Waals surface area contributed by atoms with Crippen LogP contribution in [0.5, 0.6) is 0 Å². The molecule has 0 aromatic carbocycles. The molecule has 1 aromatic heterocycles. The number of azide groups is 1. The van der Waals surface area contributed by atoms with Crippen molar-refractivity contribution in [3.8, 4) is 0 Å². The number of aryl methyl sites for hydroxylation is 1. The number of aromatic amines is 1. The number of hydrogen-bond donors (Lipinski definition) is 2. The van der Waals surface area contributed by atoms with E-state index in [2.05, 4.69) is 15.0 Å². The van der Waals surface area contributed by atoms with Gasteiger partial charge in [0, 0.05) is 21.9 Å². The predicted molar refractivity (Wildman–Crippen MR) is 71.1 cm³/mol. The maximum absolute atomic E-state index is 11.8. The van der Waals surface area contributed by atoms with Crippen LogP contribution in [0.25, 0.3) is 10.4 Å². The third-order valence-corrected chi connectivity index (χ3v) is 4.54. The molecule has 2 heterocycles. The molecule has 0 spiro atoms. The fraction of sp³-hybridized carbons (Fsp3) is 0.600. The molecular weight excluding hydrogens is 270 g/mol. The van der Waals surface area contributed by atoms with Gasteiger partial charge in [-0.15, -0.1) is 11.8 Å². The van der Waals surface area contributed by atoms with Crippen molar-refractivity contribution in [2.45, 2.75) is 30.0 Å². The second-order valence-corrected chi connectivity index (χ2v) is 5.74. The molecule has 102 valence electrons. The molecule has 1 unspecified atom stereocenters. The van der Waals surface area contributed by atoms with Crippen molar-refractivity contribution >= 4 is 11.8 Å². The van der Waals surface area contributed by atoms with Crippen molar-refractivity contribution in [3.63, 3.8) is 0 Å². The molecule has 19 heavy (non-hydrogen) atoms. The summed E-state index contributed by atoms with van der Waals surface area (Å²) in [6.45, 7) is 1.55. The lowest BCUT2D eigenvalue weighted by molar-refractivity contribution is 0.289. The highest BCUT2D eigenvalue weighted by Gasteiger charge is 2.36. The van der Waals surface area contributed by atoms with Crippen LogP contribution in [0.4, 0.5) is 0 Å². The van der Waals surface area contributed by atoms with Crippen molar-refractivity contribution in [2.24, 2.45) is 5.11 Å². The maximum Gasteiger partial charge on any atom is 0.329 e. The van der Waals surface area contributed by atoms with Gasteiger partial charge in [0.05, 0.1) is 18.0 Å². The minimum absolute atomic E-state index is 0.0459. The van der Waals surface area contributed by atoms with Gasteiger partial charge in [-0.05, 0) is 18.9 Å². The summed E-state index contributed by atoms with van der Waals surface area (Å²) in [5, 5.41) is 12.4. The van der Waals surface area contributed by atoms with Crippen LogP contribution < -0.4 is 11.2 Å². The van der Waals surface area contributed by atoms with Crippen LogP contribution >= 0.6 is 11.8 Å². The first kappa shape index (κ1) is 13.7. The topological polar surface area (TPSA) is 124 Å². The maximum atomic E-state index is 11.8. The summed E-state index contributed by atoms with van der Waals surface area (Å²) in [5.41, 5.74) is 8.00. The molecular formula is C10H13N5O3S. The molecule has 1 fully saturated rings. The third-order valence-electron chi connectivity index (χ3n) is 2.99. The molecule has 3 atom stereocenters. The summed E-state index contributed by atoms with van der Waals surface area (Å²) in [7, 11) is 0. The number of H-pyrrole nitrogens is 1. The van der Waals surface area contributed by atoms with Gasteiger partial charge >= 0.3 is 5.69 Å². The summed E-state index contributed by atoms with van der Waals surface area (Å²) in [6.07, 6.45) is 1.96. The lowest BCUT2D eigenvalue weighted by Gasteiger charge is -2.17. The van der Waals surface area contributed by atoms with Crippen molar-refractivity contribution in [2.75, 3.05) is 6.61 Å². The molecule has 0 amide bonds. The van der Waals surface area contributed by atoms with E-state index in [4.69, 9.17) is 5.53 Å². The fourth-order valence-corrected chi connectivity index (χ4v) is 3.47. The first-order chi connectivity index (χ1) is 9.06. The highest BCUT2D eigenvalue weighted by atomic mass is 32.2. The van der Waals surface area contributed by atoms with E-state index in [1.165, 1.54) is 22.5 Å². The van der Waals surface area contributed by atoms with Gasteiger partial charge in [-0.3, -0.25) is 14.3 Å². The predicted octanol–water partition coefficient (Wildman–Crippen LogP) is 0.520. The van der Waals surface area contributed by atoms with Crippen LogP contribution in [-0.4, -0.2) is 32.6 Å². The highest BCUT2D eigenvalue weighted by molar-refractivity contribution is 8.00. The Morgan fingerprint density at radius 2 is 2.42 bits per heavy atom. The minimum Gasteiger partial charge on any atom is -0.395 e. The highest BCUT2D eigenvalue weighted by Crippen LogP contribution is 2.42. The van der Waals surface area contributed by atoms with Gasteiger partial charge < -0.3 is 5.11 Å². The van der Waals surface area contributed by atoms with Gasteiger partial charge in [0.25, 0.3) is 5.56 Å². The first-order valence-corrected chi connectivity index (χ1v) is 6.63. The summed E-state index contributed by atoms with van der Waals surface area (Å²) in [5.74, 6) is 0. The lowest BCUT2D eigenvalue weighted by Crippen LogP contribution is -2.34. The summed E-state index contributed by atoms with van der Waals surface area (Å²) < 4.78 is 1.36. The fourth-order valence-electron chi connectivity index (χ4n) is 2.04. The van der Waals surface area contributed by atoms with Gasteiger partial charge in [-0.25, -0.2) is 4.79 Å². The standard InChI is InChI=1S/C10H13N5O3S/c1-5-3-15(10(18)12-8(5)17)9-7(13-14-11)2-6(4-16)19-9/h3,6-7,9,16H,2,4H2,1H3,(H,12,17,18)/t6-,7+,9?/m1/s1. The number of nitrogens with one attached hydrogen (secondary N) is 1. The van der Waals surface area contributed by atoms with E-state index < -0.39 is 22.7 Å². The van der Waals surface area contributed by atoms with E-state index in [1.807, 2.05) is 0 Å². The molecule has 8 nitrogen and oxygen atoms in total. The van der Waals surface area contributed by atoms with Crippen LogP contribution in [0, 0.1) is 6.92 Å². The molecule has 1 saturated heterocycles. The molecule has 0 bridgehead atoms. The number of aromatic nitrogens is 2. The average molecular weight is 283 g/mol. The van der Waals surface area contributed by atoms with Crippen molar-refractivity contribution in [1.29, 1.82) is 0 Å². The number of aliphatic hydroxyl groups is 1. The number of nitrogens with zero attached hydrogens (tertiary/aromatic N) is 4. The summed E-state index contributed by atoms with van der Waals surface area (Å²) in [6, 6.07) is -0.421. The largest absolute Gasteiger partial charge is 0.395 e. The second-order valence-electron chi connectivity index (χ2n) is 4.32. The number of thioether (sulfide) groups is 1. The zero-order valence-electron chi connectivity index (χ0n) is 10.2. The number of rotatable bonds is 3. The van der Waals surface area contributed by atoms with E-state index >= 15 is 0 Å². The zero-order chi connectivity index (χ0) is 14.0. The Balaban J connectivity index is 2.44. The van der Waals surface area contributed by atoms with Crippen LogP contribution in [0.3, 0.4) is 0 Å². The molecule has 0 saturated carbocycles. The third kappa shape index (κ3) is 2.67. The number of hydrogen-bond acceptors (Lipinski definition) is 5. The van der Waals surface area contributed by atoms with E-state index in [1.54, 1.807) is 6.92 Å². The van der Waals surface area contributed by atoms with E-state index in [9.17, 15) is 14.7 Å².